The van der Waals surface area contributed by atoms with Crippen molar-refractivity contribution in [2.45, 2.75) is 13.1 Å². The molecule has 0 aliphatic heterocycles. The van der Waals surface area contributed by atoms with E-state index >= 15 is 0 Å². The van der Waals surface area contributed by atoms with Gasteiger partial charge in [-0.1, -0.05) is 0 Å². The quantitative estimate of drug-likeness (QED) is 0.843. The molecule has 0 aliphatic carbocycles. The number of anilines is 3. The standard InChI is InChI=1S/C16H20F3N5/c1-11-10-14(23-15(21-11)20-8-9-24(2)3)22-13-6-4-12(5-7-13)16(17,18)19/h4-7,10H,8-9H2,1-3H3,(H2,20,21,22,23). The molecule has 130 valence electrons. The fourth-order valence-electron chi connectivity index (χ4n) is 1.99. The number of aryl methyl sites for hydroxylation is 1. The Labute approximate surface area is 138 Å². The molecule has 0 atom stereocenters. The fourth-order valence-corrected chi connectivity index (χ4v) is 1.99. The van der Waals surface area contributed by atoms with Crippen molar-refractivity contribution in [1.82, 2.24) is 14.9 Å². The van der Waals surface area contributed by atoms with Gasteiger partial charge in [-0.3, -0.25) is 0 Å². The minimum atomic E-state index is -4.34. The predicted octanol–water partition coefficient (Wildman–Crippen LogP) is 3.52. The summed E-state index contributed by atoms with van der Waals surface area (Å²) >= 11 is 0. The summed E-state index contributed by atoms with van der Waals surface area (Å²) < 4.78 is 37.7. The number of likely N-dealkylation sites (N-methyl/N-ethyl adjacent to an activating group) is 1. The average molecular weight is 339 g/mol. The number of nitrogens with one attached hydrogen (secondary N) is 2. The highest BCUT2D eigenvalue weighted by Crippen LogP contribution is 2.30. The van der Waals surface area contributed by atoms with Crippen LogP contribution in [-0.4, -0.2) is 42.1 Å². The van der Waals surface area contributed by atoms with Gasteiger partial charge in [-0.2, -0.15) is 18.2 Å². The Hall–Kier alpha value is -2.35. The summed E-state index contributed by atoms with van der Waals surface area (Å²) in [7, 11) is 3.94. The van der Waals surface area contributed by atoms with E-state index in [9.17, 15) is 13.2 Å². The number of hydrogen-bond donors (Lipinski definition) is 2. The van der Waals surface area contributed by atoms with E-state index in [1.54, 1.807) is 6.07 Å². The van der Waals surface area contributed by atoms with Crippen LogP contribution < -0.4 is 10.6 Å². The third-order valence-electron chi connectivity index (χ3n) is 3.18. The number of alkyl halides is 3. The van der Waals surface area contributed by atoms with Crippen LogP contribution in [0.1, 0.15) is 11.3 Å². The molecule has 24 heavy (non-hydrogen) atoms. The van der Waals surface area contributed by atoms with Crippen molar-refractivity contribution in [3.05, 3.63) is 41.6 Å². The van der Waals surface area contributed by atoms with E-state index < -0.39 is 11.7 Å². The van der Waals surface area contributed by atoms with Gasteiger partial charge < -0.3 is 15.5 Å². The molecule has 0 unspecified atom stereocenters. The molecule has 0 saturated heterocycles. The maximum absolute atomic E-state index is 12.6. The van der Waals surface area contributed by atoms with Crippen LogP contribution in [0.5, 0.6) is 0 Å². The number of rotatable bonds is 6. The molecule has 0 saturated carbocycles. The lowest BCUT2D eigenvalue weighted by Gasteiger charge is -2.13. The van der Waals surface area contributed by atoms with Crippen LogP contribution in [0.4, 0.5) is 30.6 Å². The van der Waals surface area contributed by atoms with Crippen LogP contribution in [0.2, 0.25) is 0 Å². The van der Waals surface area contributed by atoms with E-state index in [2.05, 4.69) is 20.6 Å². The number of hydrogen-bond acceptors (Lipinski definition) is 5. The van der Waals surface area contributed by atoms with Crippen molar-refractivity contribution in [1.29, 1.82) is 0 Å². The Morgan fingerprint density at radius 2 is 1.75 bits per heavy atom. The van der Waals surface area contributed by atoms with Gasteiger partial charge in [0.2, 0.25) is 5.95 Å². The highest BCUT2D eigenvalue weighted by molar-refractivity contribution is 5.58. The molecule has 0 fully saturated rings. The van der Waals surface area contributed by atoms with Crippen LogP contribution in [0.15, 0.2) is 30.3 Å². The van der Waals surface area contributed by atoms with Gasteiger partial charge in [-0.05, 0) is 45.3 Å². The Kier molecular flexibility index (Phi) is 5.61. The third kappa shape index (κ3) is 5.38. The summed E-state index contributed by atoms with van der Waals surface area (Å²) in [5, 5.41) is 6.11. The summed E-state index contributed by atoms with van der Waals surface area (Å²) in [6.45, 7) is 3.35. The van der Waals surface area contributed by atoms with Gasteiger partial charge in [0.1, 0.15) is 5.82 Å². The molecule has 2 N–H and O–H groups in total. The smallest absolute Gasteiger partial charge is 0.353 e. The normalized spacial score (nSPS) is 11.6. The molecule has 8 heteroatoms. The zero-order chi connectivity index (χ0) is 17.7. The topological polar surface area (TPSA) is 53.1 Å². The molecule has 1 aromatic carbocycles. The molecular weight excluding hydrogens is 319 g/mol. The van der Waals surface area contributed by atoms with Crippen molar-refractivity contribution < 1.29 is 13.2 Å². The first-order chi connectivity index (χ1) is 11.2. The van der Waals surface area contributed by atoms with Crippen LogP contribution in [0, 0.1) is 6.92 Å². The van der Waals surface area contributed by atoms with Gasteiger partial charge in [0.15, 0.2) is 0 Å². The first-order valence-corrected chi connectivity index (χ1v) is 7.42. The van der Waals surface area contributed by atoms with E-state index in [1.807, 2.05) is 25.9 Å². The van der Waals surface area contributed by atoms with E-state index in [4.69, 9.17) is 0 Å². The second-order valence-electron chi connectivity index (χ2n) is 5.65. The second kappa shape index (κ2) is 7.48. The fraction of sp³-hybridized carbons (Fsp3) is 0.375. The predicted molar refractivity (Wildman–Crippen MR) is 88.5 cm³/mol. The Morgan fingerprint density at radius 3 is 2.33 bits per heavy atom. The minimum absolute atomic E-state index is 0.478. The van der Waals surface area contributed by atoms with Crippen molar-refractivity contribution in [3.8, 4) is 0 Å². The number of nitrogens with zero attached hydrogens (tertiary/aromatic N) is 3. The molecule has 0 bridgehead atoms. The summed E-state index contributed by atoms with van der Waals surface area (Å²) in [5.41, 5.74) is 0.602. The summed E-state index contributed by atoms with van der Waals surface area (Å²) in [4.78, 5) is 10.6. The Bertz CT molecular complexity index is 668. The minimum Gasteiger partial charge on any atom is -0.353 e. The van der Waals surface area contributed by atoms with Crippen LogP contribution >= 0.6 is 0 Å². The first-order valence-electron chi connectivity index (χ1n) is 7.42. The Balaban J connectivity index is 2.07. The molecular formula is C16H20F3N5. The number of halogens is 3. The van der Waals surface area contributed by atoms with Crippen molar-refractivity contribution in [2.24, 2.45) is 0 Å². The van der Waals surface area contributed by atoms with Gasteiger partial charge in [-0.15, -0.1) is 0 Å². The zero-order valence-corrected chi connectivity index (χ0v) is 13.8. The molecule has 5 nitrogen and oxygen atoms in total. The van der Waals surface area contributed by atoms with Gasteiger partial charge in [-0.25, -0.2) is 4.98 Å². The molecule has 1 aromatic heterocycles. The monoisotopic (exact) mass is 339 g/mol. The van der Waals surface area contributed by atoms with Crippen LogP contribution in [0.3, 0.4) is 0 Å². The molecule has 2 aromatic rings. The largest absolute Gasteiger partial charge is 0.416 e. The van der Waals surface area contributed by atoms with E-state index in [0.29, 0.717) is 24.0 Å². The van der Waals surface area contributed by atoms with Crippen molar-refractivity contribution in [3.63, 3.8) is 0 Å². The molecule has 2 rings (SSSR count). The SMILES string of the molecule is Cc1cc(Nc2ccc(C(F)(F)F)cc2)nc(NCCN(C)C)n1. The highest BCUT2D eigenvalue weighted by Gasteiger charge is 2.29. The van der Waals surface area contributed by atoms with Crippen LogP contribution in [0.25, 0.3) is 0 Å². The van der Waals surface area contributed by atoms with E-state index in [0.717, 1.165) is 24.4 Å². The second-order valence-corrected chi connectivity index (χ2v) is 5.65. The number of aromatic nitrogens is 2. The first kappa shape index (κ1) is 18.0. The molecule has 0 spiro atoms. The lowest BCUT2D eigenvalue weighted by Crippen LogP contribution is -2.21. The average Bonchev–Trinajstić information content (AvgIpc) is 2.46. The Morgan fingerprint density at radius 1 is 1.08 bits per heavy atom. The molecule has 0 aliphatic rings. The van der Waals surface area contributed by atoms with Gasteiger partial charge in [0.25, 0.3) is 0 Å². The maximum Gasteiger partial charge on any atom is 0.416 e. The zero-order valence-electron chi connectivity index (χ0n) is 13.8. The van der Waals surface area contributed by atoms with E-state index in [-0.39, 0.29) is 0 Å². The van der Waals surface area contributed by atoms with Crippen molar-refractivity contribution in [2.75, 3.05) is 37.8 Å². The molecule has 0 amide bonds. The molecule has 1 heterocycles. The van der Waals surface area contributed by atoms with Crippen LogP contribution in [-0.2, 0) is 6.18 Å². The lowest BCUT2D eigenvalue weighted by molar-refractivity contribution is -0.137. The summed E-state index contributed by atoms with van der Waals surface area (Å²) in [5.74, 6) is 1.00. The third-order valence-corrected chi connectivity index (χ3v) is 3.18. The van der Waals surface area contributed by atoms with Crippen molar-refractivity contribution >= 4 is 17.5 Å². The van der Waals surface area contributed by atoms with Gasteiger partial charge in [0, 0.05) is 30.5 Å². The number of benzene rings is 1. The maximum atomic E-state index is 12.6. The lowest BCUT2D eigenvalue weighted by atomic mass is 10.2. The summed E-state index contributed by atoms with van der Waals surface area (Å²) in [6.07, 6.45) is -4.34. The highest BCUT2D eigenvalue weighted by atomic mass is 19.4. The van der Waals surface area contributed by atoms with Gasteiger partial charge >= 0.3 is 6.18 Å². The molecule has 0 radical (unpaired) electrons. The van der Waals surface area contributed by atoms with Gasteiger partial charge in [0.05, 0.1) is 5.56 Å². The van der Waals surface area contributed by atoms with E-state index in [1.165, 1.54) is 12.1 Å². The summed E-state index contributed by atoms with van der Waals surface area (Å²) in [6, 6.07) is 6.55.